The number of aromatic nitrogens is 1. The predicted molar refractivity (Wildman–Crippen MR) is 98.8 cm³/mol. The Bertz CT molecular complexity index is 947. The van der Waals surface area contributed by atoms with Gasteiger partial charge in [0.2, 0.25) is 11.8 Å². The fourth-order valence-electron chi connectivity index (χ4n) is 2.95. The zero-order valence-corrected chi connectivity index (χ0v) is 14.4. The van der Waals surface area contributed by atoms with Crippen molar-refractivity contribution in [2.45, 2.75) is 25.8 Å². The Morgan fingerprint density at radius 2 is 1.85 bits per heavy atom. The van der Waals surface area contributed by atoms with Gasteiger partial charge in [0, 0.05) is 23.0 Å². The minimum Gasteiger partial charge on any atom is -0.368 e. The van der Waals surface area contributed by atoms with E-state index in [1.54, 1.807) is 19.1 Å². The third kappa shape index (κ3) is 3.74. The molecular weight excluding hydrogens is 333 g/mol. The molecule has 0 aliphatic heterocycles. The van der Waals surface area contributed by atoms with Crippen molar-refractivity contribution in [2.75, 3.05) is 0 Å². The molecule has 1 aromatic heterocycles. The number of aromatic amines is 1. The lowest BCUT2D eigenvalue weighted by Gasteiger charge is -2.10. The van der Waals surface area contributed by atoms with E-state index < -0.39 is 11.9 Å². The molecule has 134 valence electrons. The van der Waals surface area contributed by atoms with Crippen LogP contribution < -0.4 is 11.1 Å². The molecule has 2 aromatic carbocycles. The number of H-pyrrole nitrogens is 1. The molecule has 0 saturated heterocycles. The Balaban J connectivity index is 1.89. The van der Waals surface area contributed by atoms with Gasteiger partial charge in [0.05, 0.1) is 0 Å². The van der Waals surface area contributed by atoms with Gasteiger partial charge in [0.15, 0.2) is 0 Å². The van der Waals surface area contributed by atoms with E-state index >= 15 is 0 Å². The van der Waals surface area contributed by atoms with Gasteiger partial charge in [-0.3, -0.25) is 9.59 Å². The molecule has 26 heavy (non-hydrogen) atoms. The minimum absolute atomic E-state index is 0.216. The van der Waals surface area contributed by atoms with E-state index in [9.17, 15) is 14.0 Å². The highest BCUT2D eigenvalue weighted by atomic mass is 19.1. The Morgan fingerprint density at radius 3 is 2.54 bits per heavy atom. The van der Waals surface area contributed by atoms with Crippen LogP contribution in [0.15, 0.2) is 48.5 Å². The van der Waals surface area contributed by atoms with Crippen LogP contribution in [0.5, 0.6) is 0 Å². The van der Waals surface area contributed by atoms with Gasteiger partial charge >= 0.3 is 0 Å². The molecule has 0 aliphatic carbocycles. The largest absolute Gasteiger partial charge is 0.368 e. The minimum atomic E-state index is -0.706. The van der Waals surface area contributed by atoms with Gasteiger partial charge in [-0.05, 0) is 54.8 Å². The average Bonchev–Trinajstić information content (AvgIpc) is 2.99. The van der Waals surface area contributed by atoms with Crippen molar-refractivity contribution in [1.29, 1.82) is 0 Å². The van der Waals surface area contributed by atoms with Crippen LogP contribution in [-0.4, -0.2) is 22.8 Å². The van der Waals surface area contributed by atoms with Gasteiger partial charge in [0.25, 0.3) is 0 Å². The molecule has 4 N–H and O–H groups in total. The smallest absolute Gasteiger partial charge is 0.239 e. The summed E-state index contributed by atoms with van der Waals surface area (Å²) in [6.07, 6.45) is 0.696. The Labute approximate surface area is 150 Å². The van der Waals surface area contributed by atoms with Gasteiger partial charge in [-0.25, -0.2) is 4.39 Å². The number of nitrogens with one attached hydrogen (secondary N) is 2. The maximum atomic E-state index is 13.2. The number of nitrogens with two attached hydrogens (primary N) is 1. The summed E-state index contributed by atoms with van der Waals surface area (Å²) in [6, 6.07) is 13.3. The first-order chi connectivity index (χ1) is 12.5. The van der Waals surface area contributed by atoms with Crippen molar-refractivity contribution in [3.63, 3.8) is 0 Å². The lowest BCUT2D eigenvalue weighted by atomic mass is 10.0. The highest BCUT2D eigenvalue weighted by Crippen LogP contribution is 2.31. The number of para-hydroxylation sites is 1. The molecular formula is C20H20FN3O2. The summed E-state index contributed by atoms with van der Waals surface area (Å²) in [5, 5.41) is 3.60. The maximum absolute atomic E-state index is 13.2. The van der Waals surface area contributed by atoms with Crippen LogP contribution >= 0.6 is 0 Å². The van der Waals surface area contributed by atoms with Gasteiger partial charge in [0.1, 0.15) is 11.9 Å². The Hall–Kier alpha value is -3.15. The second kappa shape index (κ2) is 7.39. The number of hydrogen-bond acceptors (Lipinski definition) is 2. The van der Waals surface area contributed by atoms with Crippen LogP contribution in [0.4, 0.5) is 4.39 Å². The van der Waals surface area contributed by atoms with E-state index in [1.807, 2.05) is 24.3 Å². The monoisotopic (exact) mass is 353 g/mol. The van der Waals surface area contributed by atoms with Crippen molar-refractivity contribution in [2.24, 2.45) is 5.73 Å². The summed E-state index contributed by atoms with van der Waals surface area (Å²) in [5.41, 5.74) is 8.82. The van der Waals surface area contributed by atoms with Crippen molar-refractivity contribution >= 4 is 22.7 Å². The molecule has 1 atom stereocenters. The van der Waals surface area contributed by atoms with E-state index in [0.29, 0.717) is 6.42 Å². The summed E-state index contributed by atoms with van der Waals surface area (Å²) in [7, 11) is 0. The number of halogens is 1. The van der Waals surface area contributed by atoms with Crippen molar-refractivity contribution < 1.29 is 14.0 Å². The van der Waals surface area contributed by atoms with E-state index in [4.69, 9.17) is 5.73 Å². The number of carbonyl (C=O) groups is 2. The fraction of sp³-hybridized carbons (Fsp3) is 0.200. The fourth-order valence-corrected chi connectivity index (χ4v) is 2.95. The highest BCUT2D eigenvalue weighted by Gasteiger charge is 2.16. The molecule has 3 aromatic rings. The van der Waals surface area contributed by atoms with Crippen molar-refractivity contribution in [3.8, 4) is 11.3 Å². The normalized spacial score (nSPS) is 12.1. The molecule has 0 fully saturated rings. The average molecular weight is 353 g/mol. The predicted octanol–water partition coefficient (Wildman–Crippen LogP) is 2.90. The first-order valence-electron chi connectivity index (χ1n) is 8.40. The molecule has 1 heterocycles. The number of hydrogen-bond donors (Lipinski definition) is 3. The van der Waals surface area contributed by atoms with Crippen LogP contribution in [0, 0.1) is 5.82 Å². The molecule has 0 spiro atoms. The van der Waals surface area contributed by atoms with Gasteiger partial charge < -0.3 is 16.0 Å². The van der Waals surface area contributed by atoms with Crippen molar-refractivity contribution in [3.05, 3.63) is 59.9 Å². The van der Waals surface area contributed by atoms with E-state index in [2.05, 4.69) is 10.3 Å². The van der Waals surface area contributed by atoms with E-state index in [0.717, 1.165) is 27.7 Å². The summed E-state index contributed by atoms with van der Waals surface area (Å²) >= 11 is 0. The second-order valence-electron chi connectivity index (χ2n) is 6.22. The number of primary amides is 1. The zero-order chi connectivity index (χ0) is 18.7. The van der Waals surface area contributed by atoms with Crippen LogP contribution in [0.3, 0.4) is 0 Å². The van der Waals surface area contributed by atoms with Crippen LogP contribution in [-0.2, 0) is 16.0 Å². The summed E-state index contributed by atoms with van der Waals surface area (Å²) in [5.74, 6) is -1.12. The number of benzene rings is 2. The molecule has 5 nitrogen and oxygen atoms in total. The molecule has 0 unspecified atom stereocenters. The maximum Gasteiger partial charge on any atom is 0.239 e. The van der Waals surface area contributed by atoms with Crippen LogP contribution in [0.25, 0.3) is 22.2 Å². The second-order valence-corrected chi connectivity index (χ2v) is 6.22. The molecule has 0 aliphatic rings. The molecule has 0 bridgehead atoms. The number of carbonyl (C=O) groups excluding carboxylic acids is 2. The van der Waals surface area contributed by atoms with Crippen LogP contribution in [0.1, 0.15) is 18.9 Å². The molecule has 0 radical (unpaired) electrons. The van der Waals surface area contributed by atoms with Gasteiger partial charge in [-0.2, -0.15) is 0 Å². The number of fused-ring (bicyclic) bond motifs is 1. The van der Waals surface area contributed by atoms with Crippen LogP contribution in [0.2, 0.25) is 0 Å². The Kier molecular flexibility index (Phi) is 5.02. The van der Waals surface area contributed by atoms with E-state index in [1.165, 1.54) is 12.1 Å². The Morgan fingerprint density at radius 1 is 1.15 bits per heavy atom. The number of rotatable bonds is 6. The first kappa shape index (κ1) is 17.7. The zero-order valence-electron chi connectivity index (χ0n) is 14.4. The number of aryl methyl sites for hydroxylation is 1. The molecule has 3 rings (SSSR count). The van der Waals surface area contributed by atoms with E-state index in [-0.39, 0.29) is 18.1 Å². The third-order valence-corrected chi connectivity index (χ3v) is 4.35. The van der Waals surface area contributed by atoms with Gasteiger partial charge in [-0.15, -0.1) is 0 Å². The lowest BCUT2D eigenvalue weighted by molar-refractivity contribution is -0.126. The molecule has 0 saturated carbocycles. The summed E-state index contributed by atoms with van der Waals surface area (Å²) in [4.78, 5) is 26.5. The molecule has 2 amide bonds. The summed E-state index contributed by atoms with van der Waals surface area (Å²) in [6.45, 7) is 1.55. The first-order valence-corrected chi connectivity index (χ1v) is 8.40. The third-order valence-electron chi connectivity index (χ3n) is 4.35. The molecule has 6 heteroatoms. The lowest BCUT2D eigenvalue weighted by Crippen LogP contribution is -2.42. The summed E-state index contributed by atoms with van der Waals surface area (Å²) < 4.78 is 13.2. The highest BCUT2D eigenvalue weighted by molar-refractivity contribution is 5.92. The topological polar surface area (TPSA) is 88.0 Å². The standard InChI is InChI=1S/C20H20FN3O2/c1-12(20(22)26)23-18(25)11-10-16-15-4-2-3-5-17(15)24-19(16)13-6-8-14(21)9-7-13/h2-9,12,24H,10-11H2,1H3,(H2,22,26)(H,23,25)/t12-/m1/s1. The quantitative estimate of drug-likeness (QED) is 0.636. The SMILES string of the molecule is C[C@@H](NC(=O)CCc1c(-c2ccc(F)cc2)[nH]c2ccccc12)C(N)=O. The number of amides is 2. The van der Waals surface area contributed by atoms with Gasteiger partial charge in [-0.1, -0.05) is 18.2 Å². The van der Waals surface area contributed by atoms with Crippen molar-refractivity contribution in [1.82, 2.24) is 10.3 Å².